The average molecular weight is 713 g/mol. The van der Waals surface area contributed by atoms with Crippen LogP contribution in [0.5, 0.6) is 0 Å². The predicted molar refractivity (Wildman–Crippen MR) is 208 cm³/mol. The summed E-state index contributed by atoms with van der Waals surface area (Å²) in [6.07, 6.45) is 37.8. The third-order valence-electron chi connectivity index (χ3n) is 9.61. The number of Topliss-reactive ketones (excluding diaryl/α,β-unsaturated/α-hetero) is 2. The summed E-state index contributed by atoms with van der Waals surface area (Å²) in [5.41, 5.74) is -2.71. The zero-order valence-corrected chi connectivity index (χ0v) is 33.5. The monoisotopic (exact) mass is 713 g/mol. The number of hydrogen-bond acceptors (Lipinski definition) is 4. The molecule has 0 aromatic carbocycles. The Labute approximate surface area is 302 Å². The fourth-order valence-corrected chi connectivity index (χ4v) is 8.47. The molecule has 0 radical (unpaired) electrons. The van der Waals surface area contributed by atoms with Crippen LogP contribution in [0.1, 0.15) is 194 Å². The minimum Gasteiger partial charge on any atom is -0.370 e. The lowest BCUT2D eigenvalue weighted by Crippen LogP contribution is -2.65. The second-order valence-corrected chi connectivity index (χ2v) is 17.0. The summed E-state index contributed by atoms with van der Waals surface area (Å²) in [6, 6.07) is 0. The molecule has 0 aliphatic carbocycles. The van der Waals surface area contributed by atoms with Crippen molar-refractivity contribution in [2.45, 2.75) is 205 Å². The number of unbranched alkanes of at least 4 members (excludes halogenated alkanes) is 22. The van der Waals surface area contributed by atoms with Crippen molar-refractivity contribution in [3.8, 4) is 0 Å². The van der Waals surface area contributed by atoms with Crippen molar-refractivity contribution in [2.24, 2.45) is 0 Å². The van der Waals surface area contributed by atoms with Gasteiger partial charge in [-0.1, -0.05) is 141 Å². The highest BCUT2D eigenvalue weighted by Gasteiger charge is 2.63. The predicted octanol–water partition coefficient (Wildman–Crippen LogP) is 11.1. The van der Waals surface area contributed by atoms with Crippen LogP contribution in [0.15, 0.2) is 24.3 Å². The Morgan fingerprint density at radius 1 is 0.531 bits per heavy atom. The smallest absolute Gasteiger partial charge is 0.370 e. The van der Waals surface area contributed by atoms with Crippen LogP contribution in [0, 0.1) is 0 Å². The number of quaternary nitrogens is 1. The first kappa shape index (κ1) is 47.9. The van der Waals surface area contributed by atoms with E-state index in [1.165, 1.54) is 98.2 Å². The van der Waals surface area contributed by atoms with Gasteiger partial charge in [-0.25, -0.2) is 0 Å². The maximum absolute atomic E-state index is 13.5. The maximum atomic E-state index is 13.5. The van der Waals surface area contributed by atoms with E-state index in [0.29, 0.717) is 12.8 Å². The van der Waals surface area contributed by atoms with Crippen LogP contribution in [0.3, 0.4) is 0 Å². The minimum absolute atomic E-state index is 0.0662. The lowest BCUT2D eigenvalue weighted by molar-refractivity contribution is -0.887. The number of likely N-dealkylation sites (N-methyl/N-ethyl adjacent to an activating group) is 1. The maximum Gasteiger partial charge on any atom is 0.386 e. The van der Waals surface area contributed by atoms with E-state index in [0.717, 1.165) is 77.0 Å². The Kier molecular flexibility index (Phi) is 28.8. The molecular formula is C41H79NO6P+. The van der Waals surface area contributed by atoms with Crippen molar-refractivity contribution in [3.63, 3.8) is 0 Å². The standard InChI is InChI=1S/C41H78NO6P/c1-6-8-10-12-14-16-18-20-22-24-26-28-30-32-34-36-38(43)41(45,40(42(3,4)5)49(46,47)48)39(44)37-35-33-31-29-27-25-23-21-19-17-15-13-11-9-7-2/h20-23,40,45H,6-19,24-37H2,1-5H3,(H-,46,47,48)/p+1/b22-20-,23-21-. The largest absolute Gasteiger partial charge is 0.386 e. The van der Waals surface area contributed by atoms with Crippen molar-refractivity contribution in [2.75, 3.05) is 21.1 Å². The number of allylic oxidation sites excluding steroid dienone is 4. The normalized spacial score (nSPS) is 13.6. The molecular weight excluding hydrogens is 633 g/mol. The summed E-state index contributed by atoms with van der Waals surface area (Å²) in [6.45, 7) is 4.48. The van der Waals surface area contributed by atoms with Gasteiger partial charge in [0.1, 0.15) is 0 Å². The molecule has 1 unspecified atom stereocenters. The molecule has 0 spiro atoms. The number of nitrogens with zero attached hydrogens (tertiary/aromatic N) is 1. The van der Waals surface area contributed by atoms with Gasteiger partial charge in [-0.2, -0.15) is 0 Å². The third-order valence-corrected chi connectivity index (χ3v) is 11.3. The zero-order chi connectivity index (χ0) is 36.9. The molecule has 7 nitrogen and oxygen atoms in total. The summed E-state index contributed by atoms with van der Waals surface area (Å²) >= 11 is 0. The molecule has 0 rings (SSSR count). The summed E-state index contributed by atoms with van der Waals surface area (Å²) in [5, 5.41) is 11.7. The number of carbonyl (C=O) groups is 2. The molecule has 288 valence electrons. The fraction of sp³-hybridized carbons (Fsp3) is 0.854. The quantitative estimate of drug-likeness (QED) is 0.0198. The van der Waals surface area contributed by atoms with Crippen LogP contribution in [-0.4, -0.2) is 63.5 Å². The second kappa shape index (κ2) is 29.5. The Hall–Kier alpha value is -1.11. The van der Waals surface area contributed by atoms with Gasteiger partial charge in [-0.05, 0) is 64.2 Å². The minimum atomic E-state index is -5.01. The molecule has 0 saturated heterocycles. The number of carbonyl (C=O) groups excluding carboxylic acids is 2. The molecule has 0 aromatic heterocycles. The van der Waals surface area contributed by atoms with Crippen LogP contribution in [0.4, 0.5) is 0 Å². The van der Waals surface area contributed by atoms with Gasteiger partial charge in [-0.3, -0.25) is 14.2 Å². The van der Waals surface area contributed by atoms with Crippen LogP contribution in [0.2, 0.25) is 0 Å². The molecule has 0 heterocycles. The van der Waals surface area contributed by atoms with E-state index >= 15 is 0 Å². The Morgan fingerprint density at radius 3 is 1.06 bits per heavy atom. The van der Waals surface area contributed by atoms with E-state index in [-0.39, 0.29) is 12.8 Å². The highest BCUT2D eigenvalue weighted by molar-refractivity contribution is 7.52. The van der Waals surface area contributed by atoms with Crippen LogP contribution in [0.25, 0.3) is 0 Å². The van der Waals surface area contributed by atoms with E-state index in [1.54, 1.807) is 0 Å². The molecule has 0 aromatic rings. The van der Waals surface area contributed by atoms with E-state index in [1.807, 2.05) is 0 Å². The SMILES string of the molecule is CCCCCCCC/C=C\CCCCCCCC(=O)C(O)(C(=O)CCCCCCC/C=C\CCCCCCCC)C([N+](C)(C)C)P(=O)(O)O. The molecule has 0 fully saturated rings. The molecule has 1 atom stereocenters. The zero-order valence-electron chi connectivity index (χ0n) is 32.6. The number of ketones is 2. The molecule has 3 N–H and O–H groups in total. The summed E-state index contributed by atoms with van der Waals surface area (Å²) in [4.78, 5) is 47.5. The first-order valence-corrected chi connectivity index (χ1v) is 22.0. The first-order chi connectivity index (χ1) is 23.3. The van der Waals surface area contributed by atoms with Gasteiger partial charge >= 0.3 is 7.60 Å². The van der Waals surface area contributed by atoms with E-state index in [2.05, 4.69) is 38.2 Å². The Balaban J connectivity index is 4.65. The Morgan fingerprint density at radius 2 is 0.796 bits per heavy atom. The van der Waals surface area contributed by atoms with Crippen molar-refractivity contribution >= 4 is 19.2 Å². The molecule has 8 heteroatoms. The van der Waals surface area contributed by atoms with Gasteiger partial charge in [0.05, 0.1) is 21.1 Å². The molecule has 49 heavy (non-hydrogen) atoms. The van der Waals surface area contributed by atoms with Crippen LogP contribution >= 0.6 is 7.60 Å². The highest BCUT2D eigenvalue weighted by Crippen LogP contribution is 2.50. The van der Waals surface area contributed by atoms with Crippen LogP contribution in [-0.2, 0) is 14.2 Å². The molecule has 0 aliphatic rings. The van der Waals surface area contributed by atoms with E-state index in [9.17, 15) is 29.0 Å². The second-order valence-electron chi connectivity index (χ2n) is 15.4. The van der Waals surface area contributed by atoms with Crippen LogP contribution < -0.4 is 0 Å². The highest BCUT2D eigenvalue weighted by atomic mass is 31.2. The lowest BCUT2D eigenvalue weighted by atomic mass is 9.85. The summed E-state index contributed by atoms with van der Waals surface area (Å²) in [7, 11) is -0.469. The number of rotatable bonds is 35. The van der Waals surface area contributed by atoms with Gasteiger partial charge in [0, 0.05) is 12.8 Å². The van der Waals surface area contributed by atoms with Gasteiger partial charge < -0.3 is 19.4 Å². The fourth-order valence-electron chi connectivity index (χ4n) is 6.79. The van der Waals surface area contributed by atoms with E-state index in [4.69, 9.17) is 0 Å². The van der Waals surface area contributed by atoms with Crippen molar-refractivity contribution < 1.29 is 33.5 Å². The number of hydrogen-bond donors (Lipinski definition) is 3. The van der Waals surface area contributed by atoms with Gasteiger partial charge in [0.25, 0.3) is 0 Å². The van der Waals surface area contributed by atoms with Gasteiger partial charge in [0.2, 0.25) is 11.4 Å². The van der Waals surface area contributed by atoms with Crippen molar-refractivity contribution in [1.82, 2.24) is 0 Å². The molecule has 0 bridgehead atoms. The van der Waals surface area contributed by atoms with Gasteiger partial charge in [0.15, 0.2) is 11.6 Å². The average Bonchev–Trinajstić information content (AvgIpc) is 3.03. The molecule has 0 amide bonds. The summed E-state index contributed by atoms with van der Waals surface area (Å²) in [5.74, 6) is -3.36. The molecule has 0 saturated carbocycles. The Bertz CT molecular complexity index is 883. The topological polar surface area (TPSA) is 112 Å². The van der Waals surface area contributed by atoms with Gasteiger partial charge in [-0.15, -0.1) is 0 Å². The number of aliphatic hydroxyl groups is 1. The summed E-state index contributed by atoms with van der Waals surface area (Å²) < 4.78 is 12.3. The van der Waals surface area contributed by atoms with E-state index < -0.39 is 35.0 Å². The lowest BCUT2D eigenvalue weighted by Gasteiger charge is -2.42. The molecule has 0 aliphatic heterocycles. The van der Waals surface area contributed by atoms with Crippen molar-refractivity contribution in [1.29, 1.82) is 0 Å². The first-order valence-electron chi connectivity index (χ1n) is 20.3. The van der Waals surface area contributed by atoms with Crippen molar-refractivity contribution in [3.05, 3.63) is 24.3 Å². The third kappa shape index (κ3) is 23.9.